The molecule has 0 bridgehead atoms. The first-order valence-corrected chi connectivity index (χ1v) is 6.92. The van der Waals surface area contributed by atoms with Crippen molar-refractivity contribution in [3.05, 3.63) is 34.7 Å². The minimum atomic E-state index is 0. The van der Waals surface area contributed by atoms with E-state index in [0.717, 1.165) is 19.6 Å². The van der Waals surface area contributed by atoms with Crippen LogP contribution in [0.5, 0.6) is 0 Å². The summed E-state index contributed by atoms with van der Waals surface area (Å²) >= 11 is 1.81. The second kappa shape index (κ2) is 7.10. The molecule has 100 valence electrons. The molecule has 18 heavy (non-hydrogen) atoms. The number of aryl methyl sites for hydroxylation is 1. The number of fused-ring (bicyclic) bond motifs is 1. The molecule has 0 radical (unpaired) electrons. The van der Waals surface area contributed by atoms with E-state index in [2.05, 4.69) is 42.3 Å². The van der Waals surface area contributed by atoms with Crippen molar-refractivity contribution in [1.82, 2.24) is 4.90 Å². The average molecular weight is 286 g/mol. The van der Waals surface area contributed by atoms with Crippen LogP contribution < -0.4 is 0 Å². The van der Waals surface area contributed by atoms with Crippen LogP contribution in [0, 0.1) is 6.92 Å². The smallest absolute Gasteiger partial charge is 0.0558 e. The Labute approximate surface area is 119 Å². The largest absolute Gasteiger partial charge is 0.395 e. The molecule has 0 spiro atoms. The minimum absolute atomic E-state index is 0. The fourth-order valence-corrected chi connectivity index (χ4v) is 3.09. The molecule has 0 saturated carbocycles. The van der Waals surface area contributed by atoms with Gasteiger partial charge in [-0.1, -0.05) is 19.1 Å². The van der Waals surface area contributed by atoms with Crippen molar-refractivity contribution in [1.29, 1.82) is 0 Å². The lowest BCUT2D eigenvalue weighted by Gasteiger charge is -2.18. The molecular formula is C14H20ClNOS. The Bertz CT molecular complexity index is 497. The Hall–Kier alpha value is -0.610. The van der Waals surface area contributed by atoms with Crippen molar-refractivity contribution in [2.45, 2.75) is 20.4 Å². The van der Waals surface area contributed by atoms with Gasteiger partial charge in [-0.25, -0.2) is 0 Å². The van der Waals surface area contributed by atoms with E-state index in [9.17, 15) is 0 Å². The number of rotatable bonds is 5. The first-order valence-electron chi connectivity index (χ1n) is 6.04. The number of hydrogen-bond donors (Lipinski definition) is 1. The second-order valence-electron chi connectivity index (χ2n) is 4.35. The SMILES string of the molecule is CCN(CCO)Cc1csc2cc(C)ccc12.Cl. The predicted octanol–water partition coefficient (Wildman–Crippen LogP) is 3.45. The standard InChI is InChI=1S/C14H19NOS.ClH/c1-3-15(6-7-16)9-12-10-17-14-8-11(2)4-5-13(12)14;/h4-5,8,10,16H,3,6-7,9H2,1-2H3;1H. The van der Waals surface area contributed by atoms with E-state index in [-0.39, 0.29) is 19.0 Å². The van der Waals surface area contributed by atoms with Crippen LogP contribution in [0.25, 0.3) is 10.1 Å². The molecule has 0 atom stereocenters. The first kappa shape index (κ1) is 15.4. The molecule has 0 aliphatic carbocycles. The molecule has 2 rings (SSSR count). The van der Waals surface area contributed by atoms with E-state index in [1.165, 1.54) is 21.2 Å². The van der Waals surface area contributed by atoms with Gasteiger partial charge in [-0.3, -0.25) is 4.90 Å². The molecule has 2 aromatic rings. The summed E-state index contributed by atoms with van der Waals surface area (Å²) in [7, 11) is 0. The van der Waals surface area contributed by atoms with E-state index in [4.69, 9.17) is 5.11 Å². The summed E-state index contributed by atoms with van der Waals surface area (Å²) in [6.45, 7) is 7.15. The van der Waals surface area contributed by atoms with Crippen molar-refractivity contribution < 1.29 is 5.11 Å². The molecule has 1 aromatic heterocycles. The molecule has 2 nitrogen and oxygen atoms in total. The van der Waals surface area contributed by atoms with Crippen LogP contribution in [0.1, 0.15) is 18.1 Å². The zero-order chi connectivity index (χ0) is 12.3. The van der Waals surface area contributed by atoms with E-state index in [1.807, 2.05) is 11.3 Å². The van der Waals surface area contributed by atoms with Crippen LogP contribution in [0.15, 0.2) is 23.6 Å². The maximum absolute atomic E-state index is 9.01. The van der Waals surface area contributed by atoms with Gasteiger partial charge in [-0.05, 0) is 41.4 Å². The van der Waals surface area contributed by atoms with Gasteiger partial charge < -0.3 is 5.11 Å². The van der Waals surface area contributed by atoms with Crippen molar-refractivity contribution in [3.63, 3.8) is 0 Å². The molecule has 1 heterocycles. The van der Waals surface area contributed by atoms with Gasteiger partial charge in [-0.15, -0.1) is 23.7 Å². The van der Waals surface area contributed by atoms with Gasteiger partial charge in [0.25, 0.3) is 0 Å². The zero-order valence-corrected chi connectivity index (χ0v) is 12.5. The summed E-state index contributed by atoms with van der Waals surface area (Å²) in [6.07, 6.45) is 0. The van der Waals surface area contributed by atoms with Gasteiger partial charge in [0.05, 0.1) is 6.61 Å². The van der Waals surface area contributed by atoms with Gasteiger partial charge in [0.1, 0.15) is 0 Å². The van der Waals surface area contributed by atoms with Crippen molar-refractivity contribution in [2.24, 2.45) is 0 Å². The maximum atomic E-state index is 9.01. The zero-order valence-electron chi connectivity index (χ0n) is 10.8. The number of benzene rings is 1. The average Bonchev–Trinajstić information content (AvgIpc) is 2.71. The third kappa shape index (κ3) is 3.45. The quantitative estimate of drug-likeness (QED) is 0.910. The number of thiophene rings is 1. The van der Waals surface area contributed by atoms with E-state index < -0.39 is 0 Å². The fraction of sp³-hybridized carbons (Fsp3) is 0.429. The number of halogens is 1. The Morgan fingerprint density at radius 1 is 1.33 bits per heavy atom. The number of aliphatic hydroxyl groups is 1. The van der Waals surface area contributed by atoms with Gasteiger partial charge in [0.15, 0.2) is 0 Å². The van der Waals surface area contributed by atoms with Crippen LogP contribution >= 0.6 is 23.7 Å². The number of nitrogens with zero attached hydrogens (tertiary/aromatic N) is 1. The minimum Gasteiger partial charge on any atom is -0.395 e. The topological polar surface area (TPSA) is 23.5 Å². The molecular weight excluding hydrogens is 266 g/mol. The lowest BCUT2D eigenvalue weighted by atomic mass is 10.1. The lowest BCUT2D eigenvalue weighted by molar-refractivity contribution is 0.197. The third-order valence-corrected chi connectivity index (χ3v) is 4.06. The molecule has 0 amide bonds. The van der Waals surface area contributed by atoms with Crippen LogP contribution in [-0.4, -0.2) is 29.7 Å². The van der Waals surface area contributed by atoms with Gasteiger partial charge in [0.2, 0.25) is 0 Å². The Balaban J connectivity index is 0.00000162. The highest BCUT2D eigenvalue weighted by molar-refractivity contribution is 7.17. The summed E-state index contributed by atoms with van der Waals surface area (Å²) in [5, 5.41) is 12.6. The summed E-state index contributed by atoms with van der Waals surface area (Å²) in [5.74, 6) is 0. The molecule has 1 aromatic carbocycles. The highest BCUT2D eigenvalue weighted by atomic mass is 35.5. The van der Waals surface area contributed by atoms with Crippen LogP contribution in [0.4, 0.5) is 0 Å². The normalized spacial score (nSPS) is 10.9. The highest BCUT2D eigenvalue weighted by Gasteiger charge is 2.08. The van der Waals surface area contributed by atoms with Gasteiger partial charge in [-0.2, -0.15) is 0 Å². The molecule has 1 N–H and O–H groups in total. The summed E-state index contributed by atoms with van der Waals surface area (Å²) in [5.41, 5.74) is 2.69. The maximum Gasteiger partial charge on any atom is 0.0558 e. The van der Waals surface area contributed by atoms with Crippen molar-refractivity contribution in [2.75, 3.05) is 19.7 Å². The first-order chi connectivity index (χ1) is 8.24. The Morgan fingerprint density at radius 3 is 2.78 bits per heavy atom. The van der Waals surface area contributed by atoms with Crippen molar-refractivity contribution in [3.8, 4) is 0 Å². The molecule has 4 heteroatoms. The van der Waals surface area contributed by atoms with E-state index >= 15 is 0 Å². The number of hydrogen-bond acceptors (Lipinski definition) is 3. The Kier molecular flexibility index (Phi) is 6.09. The molecule has 0 fully saturated rings. The summed E-state index contributed by atoms with van der Waals surface area (Å²) in [6, 6.07) is 6.62. The molecule has 0 unspecified atom stereocenters. The van der Waals surface area contributed by atoms with E-state index in [1.54, 1.807) is 0 Å². The number of aliphatic hydroxyl groups excluding tert-OH is 1. The molecule has 0 aliphatic rings. The van der Waals surface area contributed by atoms with Crippen LogP contribution in [0.3, 0.4) is 0 Å². The summed E-state index contributed by atoms with van der Waals surface area (Å²) < 4.78 is 1.36. The molecule has 0 aliphatic heterocycles. The number of likely N-dealkylation sites (N-methyl/N-ethyl adjacent to an activating group) is 1. The lowest BCUT2D eigenvalue weighted by Crippen LogP contribution is -2.25. The van der Waals surface area contributed by atoms with Crippen LogP contribution in [0.2, 0.25) is 0 Å². The predicted molar refractivity (Wildman–Crippen MR) is 81.8 cm³/mol. The molecule has 0 saturated heterocycles. The monoisotopic (exact) mass is 285 g/mol. The highest BCUT2D eigenvalue weighted by Crippen LogP contribution is 2.27. The van der Waals surface area contributed by atoms with Crippen LogP contribution in [-0.2, 0) is 6.54 Å². The Morgan fingerprint density at radius 2 is 2.11 bits per heavy atom. The summed E-state index contributed by atoms with van der Waals surface area (Å²) in [4.78, 5) is 2.27. The third-order valence-electron chi connectivity index (χ3n) is 3.07. The van der Waals surface area contributed by atoms with Gasteiger partial charge >= 0.3 is 0 Å². The van der Waals surface area contributed by atoms with E-state index in [0.29, 0.717) is 0 Å². The fourth-order valence-electron chi connectivity index (χ4n) is 2.04. The second-order valence-corrected chi connectivity index (χ2v) is 5.26. The van der Waals surface area contributed by atoms with Crippen molar-refractivity contribution >= 4 is 33.8 Å². The van der Waals surface area contributed by atoms with Gasteiger partial charge in [0, 0.05) is 17.8 Å².